The van der Waals surface area contributed by atoms with E-state index in [1.807, 2.05) is 28.4 Å². The molecule has 21 heavy (non-hydrogen) atoms. The van der Waals surface area contributed by atoms with Crippen LogP contribution in [0.5, 0.6) is 0 Å². The van der Waals surface area contributed by atoms with Gasteiger partial charge in [-0.25, -0.2) is 0 Å². The molecule has 114 valence electrons. The number of carbonyl (C=O) groups is 1. The normalized spacial score (nSPS) is 19.9. The van der Waals surface area contributed by atoms with Crippen molar-refractivity contribution in [3.05, 3.63) is 17.5 Å². The molecule has 0 saturated carbocycles. The Labute approximate surface area is 132 Å². The smallest absolute Gasteiger partial charge is 0.276 e. The summed E-state index contributed by atoms with van der Waals surface area (Å²) in [7, 11) is 0. The lowest BCUT2D eigenvalue weighted by Gasteiger charge is -2.31. The number of hydrogen-bond acceptors (Lipinski definition) is 6. The van der Waals surface area contributed by atoms with Crippen molar-refractivity contribution in [3.63, 3.8) is 0 Å². The Balaban J connectivity index is 1.45. The first-order chi connectivity index (χ1) is 10.2. The Bertz CT molecular complexity index is 536. The maximum Gasteiger partial charge on any atom is 0.276 e. The molecule has 1 fully saturated rings. The molecule has 1 amide bonds. The summed E-state index contributed by atoms with van der Waals surface area (Å²) in [5.74, 6) is 3.61. The van der Waals surface area contributed by atoms with E-state index in [9.17, 15) is 4.79 Å². The number of hydrogen-bond donors (Lipinski definition) is 0. The van der Waals surface area contributed by atoms with Crippen LogP contribution in [0.1, 0.15) is 29.1 Å². The Hall–Kier alpha value is -0.950. The molecular weight excluding hydrogens is 306 g/mol. The number of likely N-dealkylation sites (tertiary alicyclic amines) is 1. The summed E-state index contributed by atoms with van der Waals surface area (Å²) in [6, 6.07) is 1.71. The molecule has 3 heterocycles. The van der Waals surface area contributed by atoms with E-state index in [4.69, 9.17) is 4.52 Å². The number of amides is 1. The second-order valence-corrected chi connectivity index (χ2v) is 7.72. The Morgan fingerprint density at radius 1 is 1.52 bits per heavy atom. The van der Waals surface area contributed by atoms with E-state index in [0.717, 1.165) is 44.0 Å². The quantitative estimate of drug-likeness (QED) is 0.855. The third-order valence-electron chi connectivity index (χ3n) is 3.75. The highest BCUT2D eigenvalue weighted by Gasteiger charge is 2.25. The summed E-state index contributed by atoms with van der Waals surface area (Å²) in [5.41, 5.74) is 0.428. The number of carbonyl (C=O) groups excluding carboxylic acids is 1. The fraction of sp³-hybridized carbons (Fsp3) is 0.643. The molecule has 0 N–H and O–H groups in total. The van der Waals surface area contributed by atoms with Gasteiger partial charge in [-0.1, -0.05) is 28.7 Å². The predicted octanol–water partition coefficient (Wildman–Crippen LogP) is 2.67. The first kappa shape index (κ1) is 15.0. The lowest BCUT2D eigenvalue weighted by atomic mass is 9.99. The molecule has 7 heteroatoms. The van der Waals surface area contributed by atoms with Crippen molar-refractivity contribution in [3.8, 4) is 0 Å². The summed E-state index contributed by atoms with van der Waals surface area (Å²) < 4.78 is 6.22. The summed E-state index contributed by atoms with van der Waals surface area (Å²) in [4.78, 5) is 18.6. The van der Waals surface area contributed by atoms with Gasteiger partial charge in [0.15, 0.2) is 5.69 Å². The number of aromatic nitrogens is 1. The highest BCUT2D eigenvalue weighted by atomic mass is 32.2. The highest BCUT2D eigenvalue weighted by Crippen LogP contribution is 2.28. The van der Waals surface area contributed by atoms with Gasteiger partial charge in [0.2, 0.25) is 0 Å². The standard InChI is InChI=1S/C14H19N3O2S2/c1-10-8-12(16-19-10)13(18)17-5-2-11(3-6-17)9-21-14-15-4-7-20-14/h8,11H,2-7,9H2,1H3. The maximum atomic E-state index is 12.3. The Kier molecular flexibility index (Phi) is 4.90. The fourth-order valence-corrected chi connectivity index (χ4v) is 4.75. The number of aliphatic imine (C=N–C) groups is 1. The van der Waals surface area contributed by atoms with E-state index in [1.165, 1.54) is 4.38 Å². The molecule has 1 aromatic rings. The SMILES string of the molecule is Cc1cc(C(=O)N2CCC(CSC3=NCCS3)CC2)no1. The van der Waals surface area contributed by atoms with Crippen LogP contribution in [0.2, 0.25) is 0 Å². The minimum atomic E-state index is -0.00586. The first-order valence-corrected chi connectivity index (χ1v) is 9.22. The molecule has 1 aromatic heterocycles. The monoisotopic (exact) mass is 325 g/mol. The molecule has 0 aliphatic carbocycles. The van der Waals surface area contributed by atoms with E-state index < -0.39 is 0 Å². The zero-order valence-electron chi connectivity index (χ0n) is 12.1. The predicted molar refractivity (Wildman–Crippen MR) is 87.1 cm³/mol. The van der Waals surface area contributed by atoms with Crippen molar-refractivity contribution in [2.75, 3.05) is 31.1 Å². The van der Waals surface area contributed by atoms with E-state index in [-0.39, 0.29) is 5.91 Å². The van der Waals surface area contributed by atoms with E-state index in [0.29, 0.717) is 17.4 Å². The lowest BCUT2D eigenvalue weighted by molar-refractivity contribution is 0.0688. The second-order valence-electron chi connectivity index (χ2n) is 5.37. The van der Waals surface area contributed by atoms with Crippen LogP contribution in [0, 0.1) is 12.8 Å². The Morgan fingerprint density at radius 2 is 2.33 bits per heavy atom. The molecule has 3 rings (SSSR count). The van der Waals surface area contributed by atoms with Crippen molar-refractivity contribution in [2.24, 2.45) is 10.9 Å². The van der Waals surface area contributed by atoms with Gasteiger partial charge in [0, 0.05) is 30.7 Å². The zero-order valence-corrected chi connectivity index (χ0v) is 13.7. The lowest BCUT2D eigenvalue weighted by Crippen LogP contribution is -2.39. The van der Waals surface area contributed by atoms with Crippen molar-refractivity contribution in [1.82, 2.24) is 10.1 Å². The highest BCUT2D eigenvalue weighted by molar-refractivity contribution is 8.39. The molecule has 0 atom stereocenters. The molecular formula is C14H19N3O2S2. The molecule has 0 bridgehead atoms. The molecule has 0 unspecified atom stereocenters. The van der Waals surface area contributed by atoms with Gasteiger partial charge in [-0.3, -0.25) is 9.79 Å². The molecule has 0 aromatic carbocycles. The van der Waals surface area contributed by atoms with Gasteiger partial charge in [0.1, 0.15) is 10.1 Å². The van der Waals surface area contributed by atoms with Gasteiger partial charge >= 0.3 is 0 Å². The fourth-order valence-electron chi connectivity index (χ4n) is 2.52. The number of rotatable bonds is 3. The topological polar surface area (TPSA) is 58.7 Å². The molecule has 1 saturated heterocycles. The molecule has 2 aliphatic heterocycles. The number of aryl methyl sites for hydroxylation is 1. The summed E-state index contributed by atoms with van der Waals surface area (Å²) in [6.45, 7) is 4.40. The average molecular weight is 325 g/mol. The third-order valence-corrected chi connectivity index (χ3v) is 6.23. The number of thioether (sulfide) groups is 2. The van der Waals surface area contributed by atoms with Gasteiger partial charge in [0.05, 0.1) is 6.54 Å². The van der Waals surface area contributed by atoms with Gasteiger partial charge in [-0.05, 0) is 25.7 Å². The molecule has 2 aliphatic rings. The van der Waals surface area contributed by atoms with Crippen LogP contribution in [-0.4, -0.2) is 51.5 Å². The molecule has 5 nitrogen and oxygen atoms in total. The number of piperidine rings is 1. The average Bonchev–Trinajstić information content (AvgIpc) is 3.16. The first-order valence-electron chi connectivity index (χ1n) is 7.25. The third kappa shape index (κ3) is 3.83. The summed E-state index contributed by atoms with van der Waals surface area (Å²) in [6.07, 6.45) is 2.13. The van der Waals surface area contributed by atoms with E-state index in [1.54, 1.807) is 13.0 Å². The van der Waals surface area contributed by atoms with Crippen LogP contribution >= 0.6 is 23.5 Å². The van der Waals surface area contributed by atoms with Gasteiger partial charge < -0.3 is 9.42 Å². The van der Waals surface area contributed by atoms with Crippen molar-refractivity contribution in [2.45, 2.75) is 19.8 Å². The largest absolute Gasteiger partial charge is 0.361 e. The van der Waals surface area contributed by atoms with Crippen LogP contribution in [-0.2, 0) is 0 Å². The van der Waals surface area contributed by atoms with Crippen LogP contribution < -0.4 is 0 Å². The minimum absolute atomic E-state index is 0.00586. The van der Waals surface area contributed by atoms with Crippen molar-refractivity contribution < 1.29 is 9.32 Å². The molecule has 0 spiro atoms. The minimum Gasteiger partial charge on any atom is -0.361 e. The second kappa shape index (κ2) is 6.87. The molecule has 0 radical (unpaired) electrons. The Morgan fingerprint density at radius 3 is 2.95 bits per heavy atom. The van der Waals surface area contributed by atoms with Crippen LogP contribution in [0.3, 0.4) is 0 Å². The van der Waals surface area contributed by atoms with E-state index in [2.05, 4.69) is 10.1 Å². The van der Waals surface area contributed by atoms with Gasteiger partial charge in [0.25, 0.3) is 5.91 Å². The van der Waals surface area contributed by atoms with Gasteiger partial charge in [-0.15, -0.1) is 0 Å². The summed E-state index contributed by atoms with van der Waals surface area (Å²) in [5, 5.41) is 3.81. The number of nitrogens with zero attached hydrogens (tertiary/aromatic N) is 3. The maximum absolute atomic E-state index is 12.3. The van der Waals surface area contributed by atoms with Crippen LogP contribution in [0.15, 0.2) is 15.6 Å². The van der Waals surface area contributed by atoms with Gasteiger partial charge in [-0.2, -0.15) is 0 Å². The zero-order chi connectivity index (χ0) is 14.7. The van der Waals surface area contributed by atoms with E-state index >= 15 is 0 Å². The van der Waals surface area contributed by atoms with Crippen molar-refractivity contribution >= 4 is 33.8 Å². The van der Waals surface area contributed by atoms with Crippen LogP contribution in [0.4, 0.5) is 0 Å². The summed E-state index contributed by atoms with van der Waals surface area (Å²) >= 11 is 3.75. The van der Waals surface area contributed by atoms with Crippen molar-refractivity contribution in [1.29, 1.82) is 0 Å². The van der Waals surface area contributed by atoms with Crippen LogP contribution in [0.25, 0.3) is 0 Å².